The van der Waals surface area contributed by atoms with Crippen molar-refractivity contribution in [2.45, 2.75) is 59.3 Å². The molecule has 0 saturated carbocycles. The average molecular weight is 307 g/mol. The van der Waals surface area contributed by atoms with Crippen molar-refractivity contribution in [2.75, 3.05) is 18.5 Å². The number of hydrogen-bond acceptors (Lipinski definition) is 4. The van der Waals surface area contributed by atoms with Gasteiger partial charge < -0.3 is 15.2 Å². The molecular weight excluding hydrogens is 278 g/mol. The largest absolute Gasteiger partial charge is 0.507 e. The van der Waals surface area contributed by atoms with Crippen molar-refractivity contribution < 1.29 is 14.6 Å². The first-order valence-electron chi connectivity index (χ1n) is 7.74. The molecule has 0 radical (unpaired) electrons. The number of ether oxygens (including phenoxy) is 1. The number of hydrogen-bond donors (Lipinski definition) is 2. The Morgan fingerprint density at radius 3 is 1.91 bits per heavy atom. The number of carbonyl (C=O) groups is 1. The van der Waals surface area contributed by atoms with Gasteiger partial charge in [-0.25, -0.2) is 0 Å². The van der Waals surface area contributed by atoms with Crippen LogP contribution in [-0.4, -0.2) is 24.2 Å². The number of aromatic hydroxyl groups is 1. The van der Waals surface area contributed by atoms with Crippen molar-refractivity contribution in [1.29, 1.82) is 0 Å². The monoisotopic (exact) mass is 307 g/mol. The number of esters is 1. The van der Waals surface area contributed by atoms with Crippen LogP contribution in [0.1, 0.15) is 59.6 Å². The van der Waals surface area contributed by atoms with E-state index in [4.69, 9.17) is 4.74 Å². The van der Waals surface area contributed by atoms with E-state index in [1.165, 1.54) is 0 Å². The summed E-state index contributed by atoms with van der Waals surface area (Å²) < 4.78 is 4.93. The molecule has 124 valence electrons. The molecule has 4 heteroatoms. The minimum Gasteiger partial charge on any atom is -0.507 e. The van der Waals surface area contributed by atoms with Gasteiger partial charge in [0.25, 0.3) is 0 Å². The van der Waals surface area contributed by atoms with Crippen LogP contribution in [0.15, 0.2) is 12.1 Å². The fraction of sp³-hybridized carbons (Fsp3) is 0.611. The Morgan fingerprint density at radius 2 is 1.55 bits per heavy atom. The second kappa shape index (κ2) is 6.59. The molecule has 1 rings (SSSR count). The van der Waals surface area contributed by atoms with E-state index in [2.05, 4.69) is 46.9 Å². The standard InChI is InChI=1S/C18H29NO3/c1-8-22-15(20)11-19-12-9-13(17(2,3)4)16(21)14(10-12)18(5,6)7/h9-10,19,21H,8,11H2,1-7H3. The summed E-state index contributed by atoms with van der Waals surface area (Å²) in [6, 6.07) is 3.81. The first-order valence-corrected chi connectivity index (χ1v) is 7.74. The van der Waals surface area contributed by atoms with Gasteiger partial charge in [-0.1, -0.05) is 41.5 Å². The maximum atomic E-state index is 11.5. The van der Waals surface area contributed by atoms with Gasteiger partial charge in [-0.05, 0) is 29.9 Å². The fourth-order valence-electron chi connectivity index (χ4n) is 2.27. The number of anilines is 1. The van der Waals surface area contributed by atoms with Crippen LogP contribution in [0.4, 0.5) is 5.69 Å². The van der Waals surface area contributed by atoms with E-state index in [9.17, 15) is 9.90 Å². The summed E-state index contributed by atoms with van der Waals surface area (Å²) in [4.78, 5) is 11.5. The number of phenols is 1. The molecular formula is C18H29NO3. The van der Waals surface area contributed by atoms with Crippen LogP contribution in [0, 0.1) is 0 Å². The molecule has 0 aliphatic rings. The van der Waals surface area contributed by atoms with E-state index in [1.807, 2.05) is 12.1 Å². The Morgan fingerprint density at radius 1 is 1.09 bits per heavy atom. The second-order valence-corrected chi connectivity index (χ2v) is 7.58. The molecule has 1 aromatic carbocycles. The van der Waals surface area contributed by atoms with Crippen LogP contribution in [0.5, 0.6) is 5.75 Å². The molecule has 0 bridgehead atoms. The molecule has 22 heavy (non-hydrogen) atoms. The van der Waals surface area contributed by atoms with Crippen LogP contribution in [-0.2, 0) is 20.4 Å². The molecule has 1 aromatic rings. The molecule has 0 fully saturated rings. The molecule has 0 aliphatic carbocycles. The Kier molecular flexibility index (Phi) is 5.49. The summed E-state index contributed by atoms with van der Waals surface area (Å²) in [5.41, 5.74) is 2.18. The van der Waals surface area contributed by atoms with E-state index < -0.39 is 0 Å². The lowest BCUT2D eigenvalue weighted by Gasteiger charge is -2.28. The summed E-state index contributed by atoms with van der Waals surface area (Å²) in [5.74, 6) is 0.0480. The highest BCUT2D eigenvalue weighted by molar-refractivity contribution is 5.75. The van der Waals surface area contributed by atoms with E-state index in [0.29, 0.717) is 12.4 Å². The summed E-state index contributed by atoms with van der Waals surface area (Å²) >= 11 is 0. The van der Waals surface area contributed by atoms with Gasteiger partial charge >= 0.3 is 5.97 Å². The highest BCUT2D eigenvalue weighted by atomic mass is 16.5. The SMILES string of the molecule is CCOC(=O)CNc1cc(C(C)(C)C)c(O)c(C(C)(C)C)c1. The zero-order chi connectivity index (χ0) is 17.1. The molecule has 0 atom stereocenters. The zero-order valence-corrected chi connectivity index (χ0v) is 14.8. The van der Waals surface area contributed by atoms with E-state index in [1.54, 1.807) is 6.92 Å². The smallest absolute Gasteiger partial charge is 0.325 e. The maximum Gasteiger partial charge on any atom is 0.325 e. The van der Waals surface area contributed by atoms with Crippen LogP contribution in [0.25, 0.3) is 0 Å². The molecule has 0 saturated heterocycles. The van der Waals surface area contributed by atoms with Gasteiger partial charge in [-0.15, -0.1) is 0 Å². The Bertz CT molecular complexity index is 501. The van der Waals surface area contributed by atoms with Gasteiger partial charge in [-0.3, -0.25) is 4.79 Å². The van der Waals surface area contributed by atoms with Crippen molar-refractivity contribution in [3.05, 3.63) is 23.3 Å². The molecule has 2 N–H and O–H groups in total. The van der Waals surface area contributed by atoms with Crippen LogP contribution in [0.2, 0.25) is 0 Å². The number of carbonyl (C=O) groups excluding carboxylic acids is 1. The highest BCUT2D eigenvalue weighted by Crippen LogP contribution is 2.40. The average Bonchev–Trinajstić information content (AvgIpc) is 2.35. The Labute approximate surface area is 133 Å². The van der Waals surface area contributed by atoms with Crippen molar-refractivity contribution in [2.24, 2.45) is 0 Å². The van der Waals surface area contributed by atoms with Gasteiger partial charge in [0.15, 0.2) is 0 Å². The van der Waals surface area contributed by atoms with Gasteiger partial charge in [0.2, 0.25) is 0 Å². The lowest BCUT2D eigenvalue weighted by atomic mass is 9.79. The third-order valence-electron chi connectivity index (χ3n) is 3.47. The second-order valence-electron chi connectivity index (χ2n) is 7.58. The number of phenolic OH excluding ortho intramolecular Hbond substituents is 1. The zero-order valence-electron chi connectivity index (χ0n) is 14.8. The third kappa shape index (κ3) is 4.65. The molecule has 4 nitrogen and oxygen atoms in total. The number of benzene rings is 1. The first kappa shape index (κ1) is 18.3. The lowest BCUT2D eigenvalue weighted by Crippen LogP contribution is -2.20. The number of rotatable bonds is 4. The lowest BCUT2D eigenvalue weighted by molar-refractivity contribution is -0.140. The van der Waals surface area contributed by atoms with E-state index in [0.717, 1.165) is 16.8 Å². The molecule has 0 heterocycles. The minimum atomic E-state index is -0.287. The van der Waals surface area contributed by atoms with Crippen molar-refractivity contribution in [3.8, 4) is 5.75 Å². The summed E-state index contributed by atoms with van der Waals surface area (Å²) in [7, 11) is 0. The van der Waals surface area contributed by atoms with Gasteiger partial charge in [-0.2, -0.15) is 0 Å². The molecule has 0 spiro atoms. The molecule has 0 aliphatic heterocycles. The summed E-state index contributed by atoms with van der Waals surface area (Å²) in [5, 5.41) is 13.7. The Balaban J connectivity index is 3.21. The molecule has 0 aromatic heterocycles. The topological polar surface area (TPSA) is 58.6 Å². The van der Waals surface area contributed by atoms with Gasteiger partial charge in [0.1, 0.15) is 12.3 Å². The van der Waals surface area contributed by atoms with Gasteiger partial charge in [0.05, 0.1) is 6.61 Å². The minimum absolute atomic E-state index is 0.117. The fourth-order valence-corrected chi connectivity index (χ4v) is 2.27. The normalized spacial score (nSPS) is 12.1. The number of nitrogens with one attached hydrogen (secondary N) is 1. The summed E-state index contributed by atoms with van der Waals surface area (Å²) in [6.07, 6.45) is 0. The molecule has 0 unspecified atom stereocenters. The summed E-state index contributed by atoms with van der Waals surface area (Å²) in [6.45, 7) is 14.6. The third-order valence-corrected chi connectivity index (χ3v) is 3.47. The van der Waals surface area contributed by atoms with E-state index >= 15 is 0 Å². The first-order chi connectivity index (χ1) is 9.96. The van der Waals surface area contributed by atoms with E-state index in [-0.39, 0.29) is 23.3 Å². The predicted octanol–water partition coefficient (Wildman–Crippen LogP) is 3.96. The quantitative estimate of drug-likeness (QED) is 0.653. The maximum absolute atomic E-state index is 11.5. The van der Waals surface area contributed by atoms with Gasteiger partial charge in [0, 0.05) is 16.8 Å². The van der Waals surface area contributed by atoms with Crippen molar-refractivity contribution >= 4 is 11.7 Å². The Hall–Kier alpha value is -1.71. The highest BCUT2D eigenvalue weighted by Gasteiger charge is 2.26. The van der Waals surface area contributed by atoms with Crippen LogP contribution < -0.4 is 5.32 Å². The van der Waals surface area contributed by atoms with Crippen molar-refractivity contribution in [3.63, 3.8) is 0 Å². The van der Waals surface area contributed by atoms with Crippen LogP contribution in [0.3, 0.4) is 0 Å². The molecule has 0 amide bonds. The van der Waals surface area contributed by atoms with Crippen LogP contribution >= 0.6 is 0 Å². The predicted molar refractivity (Wildman–Crippen MR) is 90.6 cm³/mol. The van der Waals surface area contributed by atoms with Crippen molar-refractivity contribution in [1.82, 2.24) is 0 Å².